The molecule has 1 rings (SSSR count). The molecule has 0 aliphatic rings. The van der Waals surface area contributed by atoms with Gasteiger partial charge in [-0.3, -0.25) is 0 Å². The Bertz CT molecular complexity index is 580. The summed E-state index contributed by atoms with van der Waals surface area (Å²) in [6.07, 6.45) is 0. The van der Waals surface area contributed by atoms with Gasteiger partial charge in [-0.05, 0) is 44.0 Å². The number of hydrogen-bond donors (Lipinski definition) is 0. The summed E-state index contributed by atoms with van der Waals surface area (Å²) in [5.41, 5.74) is 1.35. The first-order valence-corrected chi connectivity index (χ1v) is 7.26. The van der Waals surface area contributed by atoms with Gasteiger partial charge in [0.25, 0.3) is 9.05 Å². The molecule has 3 nitrogen and oxygen atoms in total. The lowest BCUT2D eigenvalue weighted by Gasteiger charge is -2.11. The van der Waals surface area contributed by atoms with Crippen molar-refractivity contribution in [3.63, 3.8) is 0 Å². The van der Waals surface area contributed by atoms with Crippen molar-refractivity contribution in [2.75, 3.05) is 6.61 Å². The predicted octanol–water partition coefficient (Wildman–Crippen LogP) is 2.63. The van der Waals surface area contributed by atoms with Gasteiger partial charge < -0.3 is 4.74 Å². The van der Waals surface area contributed by atoms with Crippen molar-refractivity contribution in [3.8, 4) is 17.6 Å². The van der Waals surface area contributed by atoms with Crippen LogP contribution in [0.3, 0.4) is 0 Å². The average molecular weight is 273 g/mol. The standard InChI is InChI=1S/C12H13ClO3S/c1-4-5-8-16-11-6-7-12(17(13,14)15)10(3)9(11)2/h6-7H,8H2,1-3H3. The second-order valence-corrected chi connectivity index (χ2v) is 6.00. The van der Waals surface area contributed by atoms with E-state index in [0.717, 1.165) is 5.56 Å². The summed E-state index contributed by atoms with van der Waals surface area (Å²) in [7, 11) is 1.61. The lowest BCUT2D eigenvalue weighted by atomic mass is 10.1. The molecule has 1 aromatic rings. The molecule has 92 valence electrons. The molecule has 0 unspecified atom stereocenters. The Hall–Kier alpha value is -1.18. The zero-order chi connectivity index (χ0) is 13.1. The molecule has 0 saturated carbocycles. The monoisotopic (exact) mass is 272 g/mol. The Kier molecular flexibility index (Phi) is 4.44. The van der Waals surface area contributed by atoms with E-state index in [1.165, 1.54) is 6.07 Å². The molecule has 0 fully saturated rings. The Balaban J connectivity index is 3.14. The molecule has 5 heteroatoms. The fourth-order valence-corrected chi connectivity index (χ4v) is 2.63. The summed E-state index contributed by atoms with van der Waals surface area (Å²) in [6, 6.07) is 3.04. The zero-order valence-electron chi connectivity index (χ0n) is 9.87. The SMILES string of the molecule is CC#CCOc1ccc(S(=O)(=O)Cl)c(C)c1C. The molecular weight excluding hydrogens is 260 g/mol. The third-order valence-electron chi connectivity index (χ3n) is 2.43. The van der Waals surface area contributed by atoms with E-state index in [4.69, 9.17) is 15.4 Å². The molecule has 0 aliphatic carbocycles. The third kappa shape index (κ3) is 3.39. The molecule has 0 aromatic heterocycles. The molecule has 0 aliphatic heterocycles. The van der Waals surface area contributed by atoms with Gasteiger partial charge in [0.15, 0.2) is 0 Å². The summed E-state index contributed by atoms with van der Waals surface area (Å²) in [5, 5.41) is 0. The van der Waals surface area contributed by atoms with Gasteiger partial charge in [0.2, 0.25) is 0 Å². The molecule has 0 saturated heterocycles. The minimum absolute atomic E-state index is 0.116. The van der Waals surface area contributed by atoms with Crippen LogP contribution in [0.5, 0.6) is 5.75 Å². The number of halogens is 1. The zero-order valence-corrected chi connectivity index (χ0v) is 11.4. The van der Waals surface area contributed by atoms with Crippen LogP contribution in [0.15, 0.2) is 17.0 Å². The second-order valence-electron chi connectivity index (χ2n) is 3.47. The van der Waals surface area contributed by atoms with Crippen molar-refractivity contribution >= 4 is 19.7 Å². The summed E-state index contributed by atoms with van der Waals surface area (Å²) < 4.78 is 28.0. The van der Waals surface area contributed by atoms with Crippen LogP contribution in [0.1, 0.15) is 18.1 Å². The smallest absolute Gasteiger partial charge is 0.261 e. The van der Waals surface area contributed by atoms with Crippen molar-refractivity contribution in [1.29, 1.82) is 0 Å². The minimum atomic E-state index is -3.71. The van der Waals surface area contributed by atoms with Crippen LogP contribution in [0.25, 0.3) is 0 Å². The van der Waals surface area contributed by atoms with E-state index >= 15 is 0 Å². The number of rotatable bonds is 3. The van der Waals surface area contributed by atoms with Crippen LogP contribution < -0.4 is 4.74 Å². The van der Waals surface area contributed by atoms with Crippen molar-refractivity contribution in [2.45, 2.75) is 25.7 Å². The highest BCUT2D eigenvalue weighted by Crippen LogP contribution is 2.28. The average Bonchev–Trinajstić information content (AvgIpc) is 2.23. The van der Waals surface area contributed by atoms with Gasteiger partial charge in [-0.25, -0.2) is 8.42 Å². The van der Waals surface area contributed by atoms with Crippen LogP contribution in [0.4, 0.5) is 0 Å². The van der Waals surface area contributed by atoms with Crippen LogP contribution >= 0.6 is 10.7 Å². The molecule has 0 bridgehead atoms. The Labute approximate surface area is 106 Å². The quantitative estimate of drug-likeness (QED) is 0.628. The van der Waals surface area contributed by atoms with E-state index in [0.29, 0.717) is 11.3 Å². The molecule has 0 heterocycles. The fourth-order valence-electron chi connectivity index (χ4n) is 1.38. The molecular formula is C12H13ClO3S. The van der Waals surface area contributed by atoms with Gasteiger partial charge >= 0.3 is 0 Å². The van der Waals surface area contributed by atoms with E-state index in [2.05, 4.69) is 11.8 Å². The molecule has 1 aromatic carbocycles. The van der Waals surface area contributed by atoms with Crippen molar-refractivity contribution < 1.29 is 13.2 Å². The van der Waals surface area contributed by atoms with E-state index in [1.54, 1.807) is 26.8 Å². The normalized spacial score (nSPS) is 10.6. The molecule has 0 N–H and O–H groups in total. The Morgan fingerprint density at radius 2 is 1.94 bits per heavy atom. The maximum atomic E-state index is 11.3. The Morgan fingerprint density at radius 1 is 1.29 bits per heavy atom. The largest absolute Gasteiger partial charge is 0.481 e. The highest BCUT2D eigenvalue weighted by Gasteiger charge is 2.16. The maximum Gasteiger partial charge on any atom is 0.261 e. The van der Waals surface area contributed by atoms with E-state index in [9.17, 15) is 8.42 Å². The van der Waals surface area contributed by atoms with Gasteiger partial charge in [0.05, 0.1) is 4.90 Å². The van der Waals surface area contributed by atoms with Crippen LogP contribution in [0, 0.1) is 25.7 Å². The summed E-state index contributed by atoms with van der Waals surface area (Å²) in [6.45, 7) is 5.49. The van der Waals surface area contributed by atoms with Crippen LogP contribution in [0.2, 0.25) is 0 Å². The summed E-state index contributed by atoms with van der Waals surface area (Å²) in [4.78, 5) is 0.116. The number of benzene rings is 1. The summed E-state index contributed by atoms with van der Waals surface area (Å²) in [5.74, 6) is 6.11. The van der Waals surface area contributed by atoms with Gasteiger partial charge in [0.1, 0.15) is 12.4 Å². The lowest BCUT2D eigenvalue weighted by molar-refractivity contribution is 0.367. The third-order valence-corrected chi connectivity index (χ3v) is 3.89. The maximum absolute atomic E-state index is 11.3. The molecule has 17 heavy (non-hydrogen) atoms. The first kappa shape index (κ1) is 13.9. The number of hydrogen-bond acceptors (Lipinski definition) is 3. The first-order chi connectivity index (χ1) is 7.88. The molecule has 0 amide bonds. The highest BCUT2D eigenvalue weighted by atomic mass is 35.7. The second kappa shape index (κ2) is 5.44. The molecule has 0 atom stereocenters. The van der Waals surface area contributed by atoms with Gasteiger partial charge in [0, 0.05) is 10.7 Å². The minimum Gasteiger partial charge on any atom is -0.481 e. The van der Waals surface area contributed by atoms with Gasteiger partial charge in [-0.1, -0.05) is 5.92 Å². The fraction of sp³-hybridized carbons (Fsp3) is 0.333. The van der Waals surface area contributed by atoms with Gasteiger partial charge in [-0.15, -0.1) is 5.92 Å². The topological polar surface area (TPSA) is 43.4 Å². The molecule has 0 radical (unpaired) electrons. The first-order valence-electron chi connectivity index (χ1n) is 4.95. The highest BCUT2D eigenvalue weighted by molar-refractivity contribution is 8.13. The molecule has 0 spiro atoms. The van der Waals surface area contributed by atoms with Crippen molar-refractivity contribution in [3.05, 3.63) is 23.3 Å². The van der Waals surface area contributed by atoms with Crippen LogP contribution in [-0.4, -0.2) is 15.0 Å². The number of ether oxygens (including phenoxy) is 1. The predicted molar refractivity (Wildman–Crippen MR) is 67.9 cm³/mol. The van der Waals surface area contributed by atoms with E-state index < -0.39 is 9.05 Å². The lowest BCUT2D eigenvalue weighted by Crippen LogP contribution is -2.01. The van der Waals surface area contributed by atoms with Crippen molar-refractivity contribution in [2.24, 2.45) is 0 Å². The Morgan fingerprint density at radius 3 is 2.47 bits per heavy atom. The van der Waals surface area contributed by atoms with Gasteiger partial charge in [-0.2, -0.15) is 0 Å². The van der Waals surface area contributed by atoms with Crippen molar-refractivity contribution in [1.82, 2.24) is 0 Å². The van der Waals surface area contributed by atoms with Crippen LogP contribution in [-0.2, 0) is 9.05 Å². The van der Waals surface area contributed by atoms with E-state index in [-0.39, 0.29) is 11.5 Å². The summed E-state index contributed by atoms with van der Waals surface area (Å²) >= 11 is 0. The van der Waals surface area contributed by atoms with E-state index in [1.807, 2.05) is 0 Å².